The topological polar surface area (TPSA) is 49.3 Å². The van der Waals surface area contributed by atoms with Gasteiger partial charge in [0.1, 0.15) is 0 Å². The van der Waals surface area contributed by atoms with Crippen molar-refractivity contribution in [2.45, 2.75) is 32.1 Å². The van der Waals surface area contributed by atoms with E-state index in [0.29, 0.717) is 24.3 Å². The first-order chi connectivity index (χ1) is 13.1. The normalized spacial score (nSPS) is 29.2. The number of amides is 1. The molecule has 2 saturated heterocycles. The second-order valence-corrected chi connectivity index (χ2v) is 9.00. The summed E-state index contributed by atoms with van der Waals surface area (Å²) in [6.07, 6.45) is 1.27. The molecule has 2 aromatic rings. The van der Waals surface area contributed by atoms with Gasteiger partial charge in [0.25, 0.3) is 0 Å². The van der Waals surface area contributed by atoms with Crippen molar-refractivity contribution >= 4 is 17.4 Å². The number of piperidine rings is 1. The zero-order valence-electron chi connectivity index (χ0n) is 16.1. The van der Waals surface area contributed by atoms with Crippen molar-refractivity contribution in [3.63, 3.8) is 0 Å². The van der Waals surface area contributed by atoms with Crippen LogP contribution in [0, 0.1) is 11.8 Å². The van der Waals surface area contributed by atoms with Crippen molar-refractivity contribution < 1.29 is 4.79 Å². The summed E-state index contributed by atoms with van der Waals surface area (Å²) in [5.41, 5.74) is 2.30. The highest BCUT2D eigenvalue weighted by Crippen LogP contribution is 2.39. The summed E-state index contributed by atoms with van der Waals surface area (Å²) >= 11 is 1.39. The van der Waals surface area contributed by atoms with Crippen molar-refractivity contribution in [3.05, 3.63) is 47.0 Å². The lowest BCUT2D eigenvalue weighted by atomic mass is 9.87. The molecule has 1 aromatic carbocycles. The summed E-state index contributed by atoms with van der Waals surface area (Å²) in [6.45, 7) is 8.70. The highest BCUT2D eigenvalue weighted by Gasteiger charge is 2.38. The van der Waals surface area contributed by atoms with Crippen LogP contribution in [-0.2, 0) is 4.79 Å². The molecule has 144 valence electrons. The Labute approximate surface area is 165 Å². The van der Waals surface area contributed by atoms with Gasteiger partial charge in [-0.05, 0) is 35.4 Å². The maximum Gasteiger partial charge on any atom is 0.236 e. The van der Waals surface area contributed by atoms with Crippen molar-refractivity contribution in [3.8, 4) is 0 Å². The number of carbonyl (C=O) groups is 1. The summed E-state index contributed by atoms with van der Waals surface area (Å²) in [5, 5.41) is 6.35. The van der Waals surface area contributed by atoms with Gasteiger partial charge in [-0.2, -0.15) is 0 Å². The summed E-state index contributed by atoms with van der Waals surface area (Å²) in [6, 6.07) is 10.5. The molecule has 6 heteroatoms. The number of hydrogen-bond acceptors (Lipinski definition) is 5. The van der Waals surface area contributed by atoms with Crippen molar-refractivity contribution in [1.29, 1.82) is 0 Å². The second-order valence-electron chi connectivity index (χ2n) is 8.39. The average Bonchev–Trinajstić information content (AvgIpc) is 3.31. The zero-order valence-corrected chi connectivity index (χ0v) is 16.9. The Balaban J connectivity index is 1.48. The van der Waals surface area contributed by atoms with Gasteiger partial charge in [-0.25, -0.2) is 0 Å². The van der Waals surface area contributed by atoms with Crippen LogP contribution >= 0.6 is 11.5 Å². The number of hydrogen-bond donors (Lipinski definition) is 0. The van der Waals surface area contributed by atoms with Crippen molar-refractivity contribution in [1.82, 2.24) is 19.4 Å². The Bertz CT molecular complexity index is 741. The minimum Gasteiger partial charge on any atom is -0.340 e. The smallest absolute Gasteiger partial charge is 0.236 e. The summed E-state index contributed by atoms with van der Waals surface area (Å²) in [5.74, 6) is 2.12. The number of nitrogens with zero attached hydrogens (tertiary/aromatic N) is 4. The fourth-order valence-electron chi connectivity index (χ4n) is 4.89. The number of benzene rings is 1. The molecule has 0 N–H and O–H groups in total. The molecule has 3 heterocycles. The fourth-order valence-corrected chi connectivity index (χ4v) is 5.41. The standard InChI is InChI=1S/C21H28N4OS/c1-15-8-16(2)10-24(9-15)13-21(26)25-11-18(17-6-4-3-5-7-17)19(12-25)20-14-27-23-22-20/h3-7,14-16,18-19H,8-13H2,1-2H3/t15-,16+,18-,19+/m0/s1. The van der Waals surface area contributed by atoms with Crippen LogP contribution in [0.3, 0.4) is 0 Å². The lowest BCUT2D eigenvalue weighted by molar-refractivity contribution is -0.132. The third kappa shape index (κ3) is 4.22. The predicted molar refractivity (Wildman–Crippen MR) is 108 cm³/mol. The maximum absolute atomic E-state index is 13.1. The number of carbonyl (C=O) groups excluding carboxylic acids is 1. The van der Waals surface area contributed by atoms with E-state index in [0.717, 1.165) is 31.9 Å². The summed E-state index contributed by atoms with van der Waals surface area (Å²) in [4.78, 5) is 17.5. The first-order valence-corrected chi connectivity index (χ1v) is 10.8. The van der Waals surface area contributed by atoms with Gasteiger partial charge in [0, 0.05) is 43.4 Å². The van der Waals surface area contributed by atoms with E-state index in [4.69, 9.17) is 0 Å². The van der Waals surface area contributed by atoms with Gasteiger partial charge in [0.15, 0.2) is 0 Å². The molecule has 1 aromatic heterocycles. The van der Waals surface area contributed by atoms with Crippen LogP contribution in [0.25, 0.3) is 0 Å². The quantitative estimate of drug-likeness (QED) is 0.812. The first-order valence-electron chi connectivity index (χ1n) is 9.92. The number of likely N-dealkylation sites (tertiary alicyclic amines) is 2. The summed E-state index contributed by atoms with van der Waals surface area (Å²) < 4.78 is 4.06. The lowest BCUT2D eigenvalue weighted by Gasteiger charge is -2.35. The molecule has 0 bridgehead atoms. The largest absolute Gasteiger partial charge is 0.340 e. The molecule has 0 radical (unpaired) electrons. The molecule has 1 amide bonds. The molecule has 0 unspecified atom stereocenters. The van der Waals surface area contributed by atoms with Gasteiger partial charge in [-0.1, -0.05) is 48.7 Å². The van der Waals surface area contributed by atoms with Gasteiger partial charge >= 0.3 is 0 Å². The molecular weight excluding hydrogens is 356 g/mol. The minimum absolute atomic E-state index is 0.231. The van der Waals surface area contributed by atoms with E-state index >= 15 is 0 Å². The molecule has 0 spiro atoms. The molecule has 5 nitrogen and oxygen atoms in total. The molecule has 0 saturated carbocycles. The van der Waals surface area contributed by atoms with Gasteiger partial charge < -0.3 is 4.90 Å². The van der Waals surface area contributed by atoms with E-state index in [1.807, 2.05) is 16.3 Å². The number of rotatable bonds is 4. The lowest BCUT2D eigenvalue weighted by Crippen LogP contribution is -2.45. The Morgan fingerprint density at radius 2 is 1.78 bits per heavy atom. The maximum atomic E-state index is 13.1. The van der Waals surface area contributed by atoms with Crippen molar-refractivity contribution in [2.24, 2.45) is 11.8 Å². The van der Waals surface area contributed by atoms with E-state index in [2.05, 4.69) is 52.6 Å². The van der Waals surface area contributed by atoms with Crippen LogP contribution in [0.15, 0.2) is 35.7 Å². The van der Waals surface area contributed by atoms with Gasteiger partial charge in [-0.15, -0.1) is 5.10 Å². The Morgan fingerprint density at radius 1 is 1.07 bits per heavy atom. The Hall–Kier alpha value is -1.79. The Kier molecular flexibility index (Phi) is 5.55. The minimum atomic E-state index is 0.231. The highest BCUT2D eigenvalue weighted by atomic mass is 32.1. The first kappa shape index (κ1) is 18.6. The van der Waals surface area contributed by atoms with Crippen molar-refractivity contribution in [2.75, 3.05) is 32.7 Å². The van der Waals surface area contributed by atoms with Crippen LogP contribution in [0.2, 0.25) is 0 Å². The fraction of sp³-hybridized carbons (Fsp3) is 0.571. The molecule has 2 fully saturated rings. The predicted octanol–water partition coefficient (Wildman–Crippen LogP) is 3.23. The molecule has 27 heavy (non-hydrogen) atoms. The Morgan fingerprint density at radius 3 is 2.44 bits per heavy atom. The molecule has 2 aliphatic heterocycles. The van der Waals surface area contributed by atoms with Gasteiger partial charge in [-0.3, -0.25) is 9.69 Å². The van der Waals surface area contributed by atoms with Crippen LogP contribution in [0.4, 0.5) is 0 Å². The SMILES string of the molecule is C[C@@H]1C[C@H](C)CN(CC(=O)N2C[C@@H](c3ccccc3)[C@H](c3csnn3)C2)C1. The van der Waals surface area contributed by atoms with E-state index < -0.39 is 0 Å². The molecule has 2 aliphatic rings. The molecule has 4 rings (SSSR count). The van der Waals surface area contributed by atoms with E-state index in [-0.39, 0.29) is 11.8 Å². The summed E-state index contributed by atoms with van der Waals surface area (Å²) in [7, 11) is 0. The number of aromatic nitrogens is 2. The third-order valence-electron chi connectivity index (χ3n) is 5.96. The van der Waals surface area contributed by atoms with Crippen LogP contribution < -0.4 is 0 Å². The van der Waals surface area contributed by atoms with E-state index in [1.165, 1.54) is 23.5 Å². The van der Waals surface area contributed by atoms with Crippen LogP contribution in [0.1, 0.15) is 43.4 Å². The van der Waals surface area contributed by atoms with Gasteiger partial charge in [0.2, 0.25) is 5.91 Å². The van der Waals surface area contributed by atoms with Crippen LogP contribution in [-0.4, -0.2) is 58.0 Å². The van der Waals surface area contributed by atoms with Crippen LogP contribution in [0.5, 0.6) is 0 Å². The molecular formula is C21H28N4OS. The van der Waals surface area contributed by atoms with Gasteiger partial charge in [0.05, 0.1) is 12.2 Å². The van der Waals surface area contributed by atoms with E-state index in [1.54, 1.807) is 0 Å². The molecule has 0 aliphatic carbocycles. The van der Waals surface area contributed by atoms with E-state index in [9.17, 15) is 4.79 Å². The third-order valence-corrected chi connectivity index (χ3v) is 6.48. The second kappa shape index (κ2) is 8.07. The zero-order chi connectivity index (χ0) is 18.8. The average molecular weight is 385 g/mol. The molecule has 4 atom stereocenters. The monoisotopic (exact) mass is 384 g/mol. The highest BCUT2D eigenvalue weighted by molar-refractivity contribution is 7.03.